The number of aliphatic hydroxyl groups is 1. The number of hydrogen-bond acceptors (Lipinski definition) is 3. The normalized spacial score (nSPS) is 30.5. The molecule has 0 amide bonds. The quantitative estimate of drug-likeness (QED) is 0.187. The molecule has 0 spiro atoms. The maximum Gasteiger partial charge on any atom is 0.187 e. The van der Waals surface area contributed by atoms with E-state index in [1.807, 2.05) is 0 Å². The molecule has 1 N–H and O–H groups in total. The van der Waals surface area contributed by atoms with Crippen LogP contribution in [0.1, 0.15) is 98.8 Å². The van der Waals surface area contributed by atoms with Crippen LogP contribution in [0.25, 0.3) is 0 Å². The molecule has 3 aliphatic rings. The number of aliphatic hydroxyl groups excluding tert-OH is 1. The lowest BCUT2D eigenvalue weighted by Crippen LogP contribution is -2.43. The molecule has 0 saturated heterocycles. The maximum absolute atomic E-state index is 9.91. The van der Waals surface area contributed by atoms with Gasteiger partial charge in [-0.05, 0) is 99.6 Å². The SMILES string of the molecule is CCCC[Si](C)(C)O[C@@H]1CC(C#CC2=CCC[C@@]3(C)C2CC[C@@H]3[C@H](C)CO)=C(C)[C@@H](O[Si](C)(C)CCCC)C1. The van der Waals surface area contributed by atoms with E-state index in [2.05, 4.69) is 78.7 Å². The van der Waals surface area contributed by atoms with Crippen LogP contribution in [0.2, 0.25) is 38.3 Å². The van der Waals surface area contributed by atoms with E-state index in [0.717, 1.165) is 19.3 Å². The van der Waals surface area contributed by atoms with Crippen LogP contribution in [-0.4, -0.2) is 40.6 Å². The minimum absolute atomic E-state index is 0.134. The molecule has 3 rings (SSSR count). The summed E-state index contributed by atoms with van der Waals surface area (Å²) >= 11 is 0. The summed E-state index contributed by atoms with van der Waals surface area (Å²) in [7, 11) is -3.48. The Morgan fingerprint density at radius 2 is 1.67 bits per heavy atom. The van der Waals surface area contributed by atoms with Gasteiger partial charge in [-0.25, -0.2) is 0 Å². The largest absolute Gasteiger partial charge is 0.414 e. The van der Waals surface area contributed by atoms with Crippen LogP contribution in [0.5, 0.6) is 0 Å². The predicted molar refractivity (Wildman–Crippen MR) is 172 cm³/mol. The molecular formula is C34H60O3Si2. The second-order valence-corrected chi connectivity index (χ2v) is 23.0. The highest BCUT2D eigenvalue weighted by Gasteiger charge is 2.50. The highest BCUT2D eigenvalue weighted by Crippen LogP contribution is 2.57. The van der Waals surface area contributed by atoms with E-state index in [0.29, 0.717) is 24.4 Å². The number of unbranched alkanes of at least 4 members (excludes halogenated alkanes) is 2. The fraction of sp³-hybridized carbons (Fsp3) is 0.824. The van der Waals surface area contributed by atoms with Crippen LogP contribution in [0, 0.1) is 35.0 Å². The van der Waals surface area contributed by atoms with E-state index in [-0.39, 0.29) is 17.6 Å². The van der Waals surface area contributed by atoms with E-state index in [1.165, 1.54) is 73.8 Å². The molecule has 6 atom stereocenters. The van der Waals surface area contributed by atoms with Gasteiger partial charge in [-0.1, -0.05) is 71.3 Å². The number of fused-ring (bicyclic) bond motifs is 1. The van der Waals surface area contributed by atoms with Gasteiger partial charge in [0.2, 0.25) is 0 Å². The third-order valence-electron chi connectivity index (χ3n) is 10.2. The lowest BCUT2D eigenvalue weighted by atomic mass is 9.62. The van der Waals surface area contributed by atoms with Crippen molar-refractivity contribution in [3.05, 3.63) is 22.8 Å². The minimum atomic E-state index is -1.76. The standard InChI is InChI=1S/C34H60O3Si2/c1-10-12-21-38(6,7)36-30-23-29(27(4)33(24-30)37-39(8,9)22-13-11-2)17-16-28-15-14-20-34(5)31(26(3)25-35)18-19-32(28)34/h15,26,30-33,35H,10-14,18-25H2,1-9H3/t26-,30-,31-,32?,33+,34-/m1/s1. The van der Waals surface area contributed by atoms with Crippen LogP contribution in [0.15, 0.2) is 22.8 Å². The molecule has 0 aliphatic heterocycles. The first-order chi connectivity index (χ1) is 18.4. The first-order valence-corrected chi connectivity index (χ1v) is 22.5. The number of hydrogen-bond donors (Lipinski definition) is 1. The molecule has 0 aromatic rings. The third kappa shape index (κ3) is 8.45. The summed E-state index contributed by atoms with van der Waals surface area (Å²) in [5.74, 6) is 8.95. The summed E-state index contributed by atoms with van der Waals surface area (Å²) in [6, 6.07) is 2.45. The Morgan fingerprint density at radius 1 is 1.03 bits per heavy atom. The molecule has 1 unspecified atom stereocenters. The highest BCUT2D eigenvalue weighted by molar-refractivity contribution is 6.71. The highest BCUT2D eigenvalue weighted by atomic mass is 28.4. The molecule has 222 valence electrons. The van der Waals surface area contributed by atoms with Crippen molar-refractivity contribution in [2.24, 2.45) is 23.2 Å². The van der Waals surface area contributed by atoms with Gasteiger partial charge in [-0.15, -0.1) is 0 Å². The fourth-order valence-electron chi connectivity index (χ4n) is 7.78. The Balaban J connectivity index is 1.87. The predicted octanol–water partition coefficient (Wildman–Crippen LogP) is 9.26. The molecule has 39 heavy (non-hydrogen) atoms. The van der Waals surface area contributed by atoms with E-state index in [1.54, 1.807) is 0 Å². The molecular weight excluding hydrogens is 513 g/mol. The summed E-state index contributed by atoms with van der Waals surface area (Å²) in [4.78, 5) is 0. The zero-order chi connectivity index (χ0) is 28.8. The Labute approximate surface area is 243 Å². The monoisotopic (exact) mass is 572 g/mol. The van der Waals surface area contributed by atoms with Crippen molar-refractivity contribution < 1.29 is 14.0 Å². The van der Waals surface area contributed by atoms with Crippen molar-refractivity contribution >= 4 is 16.6 Å². The van der Waals surface area contributed by atoms with Crippen molar-refractivity contribution in [2.75, 3.05) is 6.61 Å². The van der Waals surface area contributed by atoms with Crippen molar-refractivity contribution in [1.82, 2.24) is 0 Å². The van der Waals surface area contributed by atoms with Gasteiger partial charge in [0.15, 0.2) is 16.6 Å². The van der Waals surface area contributed by atoms with Gasteiger partial charge >= 0.3 is 0 Å². The first kappa shape index (κ1) is 32.9. The molecule has 1 fully saturated rings. The second kappa shape index (κ2) is 14.0. The summed E-state index contributed by atoms with van der Waals surface area (Å²) in [6.45, 7) is 21.4. The molecule has 0 aromatic heterocycles. The topological polar surface area (TPSA) is 38.7 Å². The van der Waals surface area contributed by atoms with Crippen molar-refractivity contribution in [2.45, 2.75) is 149 Å². The molecule has 5 heteroatoms. The van der Waals surface area contributed by atoms with Gasteiger partial charge < -0.3 is 14.0 Å². The molecule has 3 nitrogen and oxygen atoms in total. The average molecular weight is 573 g/mol. The average Bonchev–Trinajstić information content (AvgIpc) is 3.24. The van der Waals surface area contributed by atoms with Crippen LogP contribution >= 0.6 is 0 Å². The Morgan fingerprint density at radius 3 is 2.28 bits per heavy atom. The molecule has 0 bridgehead atoms. The molecule has 1 saturated carbocycles. The summed E-state index contributed by atoms with van der Waals surface area (Å²) in [5.41, 5.74) is 4.23. The third-order valence-corrected chi connectivity index (χ3v) is 15.3. The molecule has 3 aliphatic carbocycles. The van der Waals surface area contributed by atoms with Gasteiger partial charge in [0, 0.05) is 30.6 Å². The Hall–Kier alpha value is -0.646. The van der Waals surface area contributed by atoms with Gasteiger partial charge in [0.05, 0.1) is 12.2 Å². The molecule has 0 heterocycles. The van der Waals surface area contributed by atoms with Crippen molar-refractivity contribution in [1.29, 1.82) is 0 Å². The van der Waals surface area contributed by atoms with Crippen LogP contribution < -0.4 is 0 Å². The van der Waals surface area contributed by atoms with Crippen LogP contribution in [0.3, 0.4) is 0 Å². The fourth-order valence-corrected chi connectivity index (χ4v) is 12.6. The van der Waals surface area contributed by atoms with Gasteiger partial charge in [-0.3, -0.25) is 0 Å². The summed E-state index contributed by atoms with van der Waals surface area (Å²) in [6.07, 6.45) is 14.4. The Bertz CT molecular complexity index is 940. The van der Waals surface area contributed by atoms with E-state index >= 15 is 0 Å². The van der Waals surface area contributed by atoms with Crippen molar-refractivity contribution in [3.8, 4) is 11.8 Å². The zero-order valence-electron chi connectivity index (χ0n) is 26.9. The van der Waals surface area contributed by atoms with Crippen LogP contribution in [-0.2, 0) is 8.85 Å². The number of allylic oxidation sites excluding steroid dienone is 2. The van der Waals surface area contributed by atoms with Gasteiger partial charge in [0.25, 0.3) is 0 Å². The zero-order valence-corrected chi connectivity index (χ0v) is 28.9. The van der Waals surface area contributed by atoms with Crippen LogP contribution in [0.4, 0.5) is 0 Å². The van der Waals surface area contributed by atoms with E-state index in [4.69, 9.17) is 8.85 Å². The summed E-state index contributed by atoms with van der Waals surface area (Å²) < 4.78 is 13.9. The van der Waals surface area contributed by atoms with Gasteiger partial charge in [0.1, 0.15) is 0 Å². The lowest BCUT2D eigenvalue weighted by molar-refractivity contribution is 0.0796. The van der Waals surface area contributed by atoms with E-state index in [9.17, 15) is 5.11 Å². The maximum atomic E-state index is 9.91. The smallest absolute Gasteiger partial charge is 0.187 e. The first-order valence-electron chi connectivity index (χ1n) is 16.2. The van der Waals surface area contributed by atoms with E-state index < -0.39 is 16.6 Å². The molecule has 0 radical (unpaired) electrons. The number of rotatable bonds is 12. The Kier molecular flexibility index (Phi) is 11.8. The van der Waals surface area contributed by atoms with Gasteiger partial charge in [-0.2, -0.15) is 0 Å². The minimum Gasteiger partial charge on any atom is -0.414 e. The lowest BCUT2D eigenvalue weighted by Gasteiger charge is -2.42. The van der Waals surface area contributed by atoms with Crippen molar-refractivity contribution in [3.63, 3.8) is 0 Å². The molecule has 0 aromatic carbocycles. The summed E-state index contributed by atoms with van der Waals surface area (Å²) in [5, 5.41) is 9.91. The second-order valence-electron chi connectivity index (χ2n) is 14.5.